The van der Waals surface area contributed by atoms with Gasteiger partial charge < -0.3 is 15.4 Å². The van der Waals surface area contributed by atoms with E-state index in [4.69, 9.17) is 4.74 Å². The maximum Gasteiger partial charge on any atom is 0.191 e. The number of nitrogens with one attached hydrogen (secondary N) is 2. The van der Waals surface area contributed by atoms with Gasteiger partial charge in [-0.15, -0.1) is 34.2 Å². The highest BCUT2D eigenvalue weighted by atomic mass is 127. The van der Waals surface area contributed by atoms with Gasteiger partial charge >= 0.3 is 0 Å². The lowest BCUT2D eigenvalue weighted by Crippen LogP contribution is -2.37. The summed E-state index contributed by atoms with van der Waals surface area (Å²) in [6.07, 6.45) is 1.95. The Labute approximate surface area is 205 Å². The van der Waals surface area contributed by atoms with Crippen molar-refractivity contribution in [3.05, 3.63) is 102 Å². The number of guanidine groups is 1. The molecule has 0 atom stereocenters. The van der Waals surface area contributed by atoms with Crippen LogP contribution in [0, 0.1) is 0 Å². The van der Waals surface area contributed by atoms with Crippen molar-refractivity contribution in [3.8, 4) is 0 Å². The molecule has 2 aromatic carbocycles. The molecular formula is C24H27IN6O. The fraction of sp³-hybridized carbons (Fsp3) is 0.208. The molecule has 0 saturated heterocycles. The third-order valence-electron chi connectivity index (χ3n) is 4.96. The van der Waals surface area contributed by atoms with Gasteiger partial charge in [0.05, 0.1) is 19.8 Å². The van der Waals surface area contributed by atoms with Gasteiger partial charge in [-0.25, -0.2) is 0 Å². The number of benzene rings is 2. The molecule has 0 aliphatic heterocycles. The summed E-state index contributed by atoms with van der Waals surface area (Å²) in [5, 5.41) is 15.1. The van der Waals surface area contributed by atoms with E-state index >= 15 is 0 Å². The number of hydrogen-bond acceptors (Lipinski definition) is 4. The number of ether oxygens (including phenoxy) is 1. The van der Waals surface area contributed by atoms with Crippen molar-refractivity contribution in [1.29, 1.82) is 0 Å². The molecule has 0 aliphatic rings. The smallest absolute Gasteiger partial charge is 0.191 e. The SMILES string of the molecule is CN=C(NCc1ccccc1COCc1ccccc1)NCc1nnc2ccccn12.I. The number of aromatic nitrogens is 3. The van der Waals surface area contributed by atoms with Gasteiger partial charge in [0.2, 0.25) is 0 Å². The van der Waals surface area contributed by atoms with Crippen LogP contribution in [0.5, 0.6) is 0 Å². The molecular weight excluding hydrogens is 515 g/mol. The lowest BCUT2D eigenvalue weighted by Gasteiger charge is -2.14. The Kier molecular flexibility index (Phi) is 9.00. The molecule has 0 fully saturated rings. The highest BCUT2D eigenvalue weighted by Crippen LogP contribution is 2.12. The van der Waals surface area contributed by atoms with E-state index in [2.05, 4.69) is 50.1 Å². The van der Waals surface area contributed by atoms with E-state index in [1.165, 1.54) is 11.1 Å². The molecule has 4 rings (SSSR count). The summed E-state index contributed by atoms with van der Waals surface area (Å²) >= 11 is 0. The fourth-order valence-corrected chi connectivity index (χ4v) is 3.30. The Morgan fingerprint density at radius 3 is 2.38 bits per heavy atom. The second kappa shape index (κ2) is 12.2. The first-order chi connectivity index (χ1) is 15.3. The average molecular weight is 542 g/mol. The van der Waals surface area contributed by atoms with Crippen LogP contribution < -0.4 is 10.6 Å². The van der Waals surface area contributed by atoms with Gasteiger partial charge in [-0.1, -0.05) is 60.7 Å². The lowest BCUT2D eigenvalue weighted by molar-refractivity contribution is 0.106. The van der Waals surface area contributed by atoms with Crippen LogP contribution in [0.4, 0.5) is 0 Å². The number of nitrogens with zero attached hydrogens (tertiary/aromatic N) is 4. The normalized spacial score (nSPS) is 11.2. The molecule has 0 amide bonds. The first-order valence-corrected chi connectivity index (χ1v) is 10.2. The molecule has 0 saturated carbocycles. The summed E-state index contributed by atoms with van der Waals surface area (Å²) < 4.78 is 7.88. The predicted molar refractivity (Wildman–Crippen MR) is 137 cm³/mol. The van der Waals surface area contributed by atoms with Crippen molar-refractivity contribution in [3.63, 3.8) is 0 Å². The molecule has 7 nitrogen and oxygen atoms in total. The maximum atomic E-state index is 5.93. The highest BCUT2D eigenvalue weighted by molar-refractivity contribution is 14.0. The Balaban J connectivity index is 0.00000289. The highest BCUT2D eigenvalue weighted by Gasteiger charge is 2.07. The molecule has 2 aromatic heterocycles. The second-order valence-corrected chi connectivity index (χ2v) is 7.07. The Bertz CT molecular complexity index is 1150. The number of halogens is 1. The van der Waals surface area contributed by atoms with E-state index in [9.17, 15) is 0 Å². The molecule has 0 aliphatic carbocycles. The van der Waals surface area contributed by atoms with Gasteiger partial charge in [0.15, 0.2) is 17.4 Å². The number of rotatable bonds is 8. The predicted octanol–water partition coefficient (Wildman–Crippen LogP) is 3.93. The molecule has 166 valence electrons. The van der Waals surface area contributed by atoms with Gasteiger partial charge in [0, 0.05) is 19.8 Å². The Morgan fingerprint density at radius 1 is 0.844 bits per heavy atom. The van der Waals surface area contributed by atoms with Crippen LogP contribution in [0.1, 0.15) is 22.5 Å². The summed E-state index contributed by atoms with van der Waals surface area (Å²) in [4.78, 5) is 4.32. The van der Waals surface area contributed by atoms with Crippen LogP contribution in [0.25, 0.3) is 5.65 Å². The fourth-order valence-electron chi connectivity index (χ4n) is 3.30. The van der Waals surface area contributed by atoms with Gasteiger partial charge in [-0.2, -0.15) is 0 Å². The van der Waals surface area contributed by atoms with E-state index in [-0.39, 0.29) is 24.0 Å². The zero-order chi connectivity index (χ0) is 21.3. The summed E-state index contributed by atoms with van der Waals surface area (Å²) in [6, 6.07) is 24.3. The minimum absolute atomic E-state index is 0. The summed E-state index contributed by atoms with van der Waals surface area (Å²) in [7, 11) is 1.76. The topological polar surface area (TPSA) is 75.8 Å². The molecule has 4 aromatic rings. The van der Waals surface area contributed by atoms with Crippen LogP contribution in [-0.4, -0.2) is 27.6 Å². The quantitative estimate of drug-likeness (QED) is 0.201. The molecule has 2 N–H and O–H groups in total. The van der Waals surface area contributed by atoms with E-state index in [1.54, 1.807) is 7.05 Å². The minimum atomic E-state index is 0. The third-order valence-corrected chi connectivity index (χ3v) is 4.96. The second-order valence-electron chi connectivity index (χ2n) is 7.07. The molecule has 2 heterocycles. The largest absolute Gasteiger partial charge is 0.372 e. The van der Waals surface area contributed by atoms with Gasteiger partial charge in [-0.3, -0.25) is 9.39 Å². The Hall–Kier alpha value is -2.98. The molecule has 0 spiro atoms. The van der Waals surface area contributed by atoms with Crippen molar-refractivity contribution < 1.29 is 4.74 Å². The Morgan fingerprint density at radius 2 is 1.56 bits per heavy atom. The first kappa shape index (κ1) is 23.7. The summed E-state index contributed by atoms with van der Waals surface area (Å²) in [6.45, 7) is 2.32. The van der Waals surface area contributed by atoms with Crippen molar-refractivity contribution in [2.75, 3.05) is 7.05 Å². The monoisotopic (exact) mass is 542 g/mol. The van der Waals surface area contributed by atoms with Gasteiger partial charge in [0.25, 0.3) is 0 Å². The van der Waals surface area contributed by atoms with Crippen LogP contribution in [0.3, 0.4) is 0 Å². The summed E-state index contributed by atoms with van der Waals surface area (Å²) in [5.41, 5.74) is 4.33. The summed E-state index contributed by atoms with van der Waals surface area (Å²) in [5.74, 6) is 1.53. The number of fused-ring (bicyclic) bond motifs is 1. The van der Waals surface area contributed by atoms with Crippen molar-refractivity contribution in [2.45, 2.75) is 26.3 Å². The zero-order valence-electron chi connectivity index (χ0n) is 17.9. The number of pyridine rings is 1. The average Bonchev–Trinajstić information content (AvgIpc) is 3.24. The van der Waals surface area contributed by atoms with Gasteiger partial charge in [0.1, 0.15) is 0 Å². The lowest BCUT2D eigenvalue weighted by atomic mass is 10.1. The van der Waals surface area contributed by atoms with Gasteiger partial charge in [-0.05, 0) is 28.8 Å². The van der Waals surface area contributed by atoms with E-state index in [1.807, 2.05) is 59.1 Å². The molecule has 0 unspecified atom stereocenters. The van der Waals surface area contributed by atoms with Crippen LogP contribution in [-0.2, 0) is 31.0 Å². The zero-order valence-corrected chi connectivity index (χ0v) is 20.3. The van der Waals surface area contributed by atoms with Crippen LogP contribution in [0.15, 0.2) is 84.0 Å². The van der Waals surface area contributed by atoms with Crippen LogP contribution >= 0.6 is 24.0 Å². The van der Waals surface area contributed by atoms with Crippen molar-refractivity contribution in [1.82, 2.24) is 25.2 Å². The molecule has 8 heteroatoms. The third kappa shape index (κ3) is 6.27. The number of aliphatic imine (C=N–C) groups is 1. The van der Waals surface area contributed by atoms with Crippen LogP contribution in [0.2, 0.25) is 0 Å². The standard InChI is InChI=1S/C24H26N6O.HI/c1-25-24(27-16-23-29-28-22-13-7-8-14-30(22)23)26-15-20-11-5-6-12-21(20)18-31-17-19-9-3-2-4-10-19;/h2-14H,15-18H2,1H3,(H2,25,26,27);1H. The number of hydrogen-bond donors (Lipinski definition) is 2. The minimum Gasteiger partial charge on any atom is -0.372 e. The van der Waals surface area contributed by atoms with E-state index in [0.717, 1.165) is 17.0 Å². The first-order valence-electron chi connectivity index (χ1n) is 10.2. The molecule has 0 radical (unpaired) electrons. The molecule has 0 bridgehead atoms. The maximum absolute atomic E-state index is 5.93. The van der Waals surface area contributed by atoms with E-state index < -0.39 is 0 Å². The molecule has 32 heavy (non-hydrogen) atoms. The van der Waals surface area contributed by atoms with Crippen molar-refractivity contribution >= 4 is 35.6 Å². The van der Waals surface area contributed by atoms with Crippen molar-refractivity contribution in [2.24, 2.45) is 4.99 Å². The van der Waals surface area contributed by atoms with E-state index in [0.29, 0.717) is 32.3 Å².